The predicted octanol–water partition coefficient (Wildman–Crippen LogP) is 1.55. The maximum Gasteiger partial charge on any atom is 0.273 e. The van der Waals surface area contributed by atoms with Crippen molar-refractivity contribution in [3.05, 3.63) is 51.2 Å². The fourth-order valence-electron chi connectivity index (χ4n) is 2.20. The number of benzene rings is 1. The molecule has 0 aliphatic carbocycles. The highest BCUT2D eigenvalue weighted by Crippen LogP contribution is 2.20. The highest BCUT2D eigenvalue weighted by atomic mass is 35.5. The monoisotopic (exact) mass is 377 g/mol. The Hall–Kier alpha value is -2.78. The van der Waals surface area contributed by atoms with Gasteiger partial charge in [-0.15, -0.1) is 0 Å². The molecule has 10 heteroatoms. The molecule has 2 amide bonds. The Morgan fingerprint density at radius 3 is 2.88 bits per heavy atom. The van der Waals surface area contributed by atoms with Crippen LogP contribution in [0.5, 0.6) is 0 Å². The van der Waals surface area contributed by atoms with E-state index in [1.54, 1.807) is 18.2 Å². The number of rotatable bonds is 4. The minimum atomic E-state index is -0.759. The van der Waals surface area contributed by atoms with E-state index in [1.165, 1.54) is 6.33 Å². The maximum atomic E-state index is 12.4. The lowest BCUT2D eigenvalue weighted by molar-refractivity contribution is -0.116. The molecule has 1 aromatic carbocycles. The zero-order chi connectivity index (χ0) is 18.1. The fourth-order valence-corrected chi connectivity index (χ4v) is 3.17. The summed E-state index contributed by atoms with van der Waals surface area (Å²) in [7, 11) is 0. The van der Waals surface area contributed by atoms with Crippen molar-refractivity contribution in [3.63, 3.8) is 0 Å². The van der Waals surface area contributed by atoms with E-state index in [0.717, 1.165) is 21.7 Å². The molecule has 0 fully saturated rings. The summed E-state index contributed by atoms with van der Waals surface area (Å²) in [5, 5.41) is 3.19. The van der Waals surface area contributed by atoms with E-state index < -0.39 is 17.4 Å². The van der Waals surface area contributed by atoms with Gasteiger partial charge in [0.05, 0.1) is 6.33 Å². The molecule has 0 bridgehead atoms. The zero-order valence-electron chi connectivity index (χ0n) is 12.9. The number of hydrogen-bond acceptors (Lipinski definition) is 6. The van der Waals surface area contributed by atoms with Crippen LogP contribution >= 0.6 is 23.1 Å². The van der Waals surface area contributed by atoms with Gasteiger partial charge in [-0.25, -0.2) is 4.98 Å². The summed E-state index contributed by atoms with van der Waals surface area (Å²) in [6.07, 6.45) is 1.19. The van der Waals surface area contributed by atoms with E-state index in [1.807, 2.05) is 6.92 Å². The minimum Gasteiger partial charge on any atom is -0.364 e. The van der Waals surface area contributed by atoms with Gasteiger partial charge in [-0.05, 0) is 36.2 Å². The Kier molecular flexibility index (Phi) is 4.51. The van der Waals surface area contributed by atoms with Gasteiger partial charge < -0.3 is 11.1 Å². The minimum absolute atomic E-state index is 0.0525. The molecule has 0 radical (unpaired) electrons. The van der Waals surface area contributed by atoms with Crippen molar-refractivity contribution in [2.75, 3.05) is 5.32 Å². The van der Waals surface area contributed by atoms with E-state index in [0.29, 0.717) is 10.7 Å². The lowest BCUT2D eigenvalue weighted by Gasteiger charge is -2.10. The molecule has 3 aromatic rings. The van der Waals surface area contributed by atoms with Gasteiger partial charge in [0.15, 0.2) is 5.69 Å². The van der Waals surface area contributed by atoms with Crippen LogP contribution in [0.1, 0.15) is 16.1 Å². The summed E-state index contributed by atoms with van der Waals surface area (Å²) >= 11 is 6.74. The molecular formula is C15H12ClN5O3S. The highest BCUT2D eigenvalue weighted by molar-refractivity contribution is 7.13. The van der Waals surface area contributed by atoms with E-state index in [4.69, 9.17) is 17.3 Å². The van der Waals surface area contributed by atoms with E-state index in [9.17, 15) is 14.4 Å². The van der Waals surface area contributed by atoms with Crippen LogP contribution in [-0.2, 0) is 11.3 Å². The number of nitrogens with one attached hydrogen (secondary N) is 1. The molecule has 0 atom stereocenters. The second-order valence-corrected chi connectivity index (χ2v) is 6.47. The Morgan fingerprint density at radius 1 is 1.40 bits per heavy atom. The summed E-state index contributed by atoms with van der Waals surface area (Å²) in [6.45, 7) is 1.59. The molecule has 8 nitrogen and oxygen atoms in total. The van der Waals surface area contributed by atoms with Gasteiger partial charge in [-0.3, -0.25) is 19.0 Å². The Morgan fingerprint density at radius 2 is 2.16 bits per heavy atom. The summed E-state index contributed by atoms with van der Waals surface area (Å²) in [5.41, 5.74) is 6.22. The topological polar surface area (TPSA) is 120 Å². The Bertz CT molecular complexity index is 1060. The van der Waals surface area contributed by atoms with Gasteiger partial charge in [-0.1, -0.05) is 17.7 Å². The second kappa shape index (κ2) is 6.61. The largest absolute Gasteiger partial charge is 0.364 e. The smallest absolute Gasteiger partial charge is 0.273 e. The number of primary amides is 1. The number of nitrogens with two attached hydrogens (primary N) is 1. The van der Waals surface area contributed by atoms with Crippen LogP contribution in [0.3, 0.4) is 0 Å². The molecule has 0 unspecified atom stereocenters. The standard InChI is InChI=1S/C15H12ClN5O3S/c1-7-2-3-8(16)4-9(7)19-10(22)5-21-6-18-11-12(14(17)23)20-25-13(11)15(21)24/h2-4,6H,5H2,1H3,(H2,17,23)(H,19,22). The van der Waals surface area contributed by atoms with E-state index >= 15 is 0 Å². The van der Waals surface area contributed by atoms with E-state index in [-0.39, 0.29) is 22.5 Å². The third kappa shape index (κ3) is 3.37. The number of nitrogens with zero attached hydrogens (tertiary/aromatic N) is 3. The van der Waals surface area contributed by atoms with Crippen molar-refractivity contribution in [1.29, 1.82) is 0 Å². The first-order valence-electron chi connectivity index (χ1n) is 7.07. The average Bonchev–Trinajstić information content (AvgIpc) is 2.98. The number of carbonyl (C=O) groups is 2. The lowest BCUT2D eigenvalue weighted by atomic mass is 10.2. The predicted molar refractivity (Wildman–Crippen MR) is 95.0 cm³/mol. The number of carbonyl (C=O) groups excluding carboxylic acids is 2. The van der Waals surface area contributed by atoms with Crippen LogP contribution in [0.2, 0.25) is 5.02 Å². The third-order valence-corrected chi connectivity index (χ3v) is 4.53. The third-order valence-electron chi connectivity index (χ3n) is 3.47. The number of anilines is 1. The van der Waals surface area contributed by atoms with Crippen LogP contribution in [0.25, 0.3) is 10.2 Å². The first-order valence-corrected chi connectivity index (χ1v) is 8.22. The molecule has 0 saturated carbocycles. The maximum absolute atomic E-state index is 12.4. The summed E-state index contributed by atoms with van der Waals surface area (Å²) in [6, 6.07) is 5.12. The van der Waals surface area contributed by atoms with Crippen molar-refractivity contribution in [2.24, 2.45) is 5.73 Å². The Balaban J connectivity index is 1.86. The fraction of sp³-hybridized carbons (Fsp3) is 0.133. The molecule has 2 aromatic heterocycles. The van der Waals surface area contributed by atoms with Gasteiger partial charge in [-0.2, -0.15) is 4.37 Å². The number of aromatic nitrogens is 3. The van der Waals surface area contributed by atoms with Crippen molar-refractivity contribution >= 4 is 50.9 Å². The van der Waals surface area contributed by atoms with Crippen molar-refractivity contribution in [1.82, 2.24) is 13.9 Å². The average molecular weight is 378 g/mol. The molecule has 25 heavy (non-hydrogen) atoms. The molecule has 0 saturated heterocycles. The van der Waals surface area contributed by atoms with Crippen molar-refractivity contribution in [2.45, 2.75) is 13.5 Å². The number of hydrogen-bond donors (Lipinski definition) is 2. The molecule has 128 valence electrons. The van der Waals surface area contributed by atoms with Gasteiger partial charge in [0.2, 0.25) is 5.91 Å². The summed E-state index contributed by atoms with van der Waals surface area (Å²) in [4.78, 5) is 39.9. The molecule has 0 spiro atoms. The molecule has 3 N–H and O–H groups in total. The Labute approximate surface area is 150 Å². The van der Waals surface area contributed by atoms with Crippen molar-refractivity contribution < 1.29 is 9.59 Å². The summed E-state index contributed by atoms with van der Waals surface area (Å²) < 4.78 is 5.15. The molecular weight excluding hydrogens is 366 g/mol. The number of aryl methyl sites for hydroxylation is 1. The molecule has 0 aliphatic heterocycles. The number of halogens is 1. The number of fused-ring (bicyclic) bond motifs is 1. The molecule has 2 heterocycles. The number of amides is 2. The van der Waals surface area contributed by atoms with Gasteiger partial charge in [0, 0.05) is 10.7 Å². The van der Waals surface area contributed by atoms with E-state index in [2.05, 4.69) is 14.7 Å². The van der Waals surface area contributed by atoms with Crippen LogP contribution in [-0.4, -0.2) is 25.7 Å². The first-order chi connectivity index (χ1) is 11.9. The SMILES string of the molecule is Cc1ccc(Cl)cc1NC(=O)Cn1cnc2c(C(N)=O)nsc2c1=O. The van der Waals surface area contributed by atoms with Gasteiger partial charge in [0.25, 0.3) is 11.5 Å². The summed E-state index contributed by atoms with van der Waals surface area (Å²) in [5.74, 6) is -1.17. The first kappa shape index (κ1) is 17.1. The van der Waals surface area contributed by atoms with Gasteiger partial charge >= 0.3 is 0 Å². The van der Waals surface area contributed by atoms with Crippen LogP contribution in [0.15, 0.2) is 29.3 Å². The van der Waals surface area contributed by atoms with Crippen molar-refractivity contribution in [3.8, 4) is 0 Å². The van der Waals surface area contributed by atoms with Gasteiger partial charge in [0.1, 0.15) is 16.8 Å². The quantitative estimate of drug-likeness (QED) is 0.714. The second-order valence-electron chi connectivity index (χ2n) is 5.26. The normalized spacial score (nSPS) is 10.8. The highest BCUT2D eigenvalue weighted by Gasteiger charge is 2.17. The lowest BCUT2D eigenvalue weighted by Crippen LogP contribution is -2.27. The van der Waals surface area contributed by atoms with Crippen LogP contribution in [0.4, 0.5) is 5.69 Å². The zero-order valence-corrected chi connectivity index (χ0v) is 14.5. The molecule has 3 rings (SSSR count). The molecule has 0 aliphatic rings. The van der Waals surface area contributed by atoms with Crippen LogP contribution in [0, 0.1) is 6.92 Å². The van der Waals surface area contributed by atoms with Crippen LogP contribution < -0.4 is 16.6 Å².